The van der Waals surface area contributed by atoms with Crippen molar-refractivity contribution < 1.29 is 4.74 Å². The highest BCUT2D eigenvalue weighted by atomic mass is 16.5. The van der Waals surface area contributed by atoms with E-state index in [1.54, 1.807) is 0 Å². The van der Waals surface area contributed by atoms with Gasteiger partial charge < -0.3 is 10.1 Å². The molecule has 0 amide bonds. The van der Waals surface area contributed by atoms with E-state index in [-0.39, 0.29) is 0 Å². The minimum atomic E-state index is 0.482. The molecule has 0 aromatic rings. The third-order valence-corrected chi connectivity index (χ3v) is 4.93. The summed E-state index contributed by atoms with van der Waals surface area (Å²) >= 11 is 0. The predicted octanol–water partition coefficient (Wildman–Crippen LogP) is 2.12. The zero-order chi connectivity index (χ0) is 13.0. The van der Waals surface area contributed by atoms with Gasteiger partial charge in [-0.15, -0.1) is 0 Å². The van der Waals surface area contributed by atoms with Crippen LogP contribution >= 0.6 is 0 Å². The van der Waals surface area contributed by atoms with Crippen LogP contribution in [0.3, 0.4) is 0 Å². The second kappa shape index (κ2) is 6.36. The molecule has 0 aromatic carbocycles. The van der Waals surface area contributed by atoms with Crippen LogP contribution in [0.15, 0.2) is 0 Å². The van der Waals surface area contributed by atoms with E-state index in [0.29, 0.717) is 11.5 Å². The Balaban J connectivity index is 1.85. The maximum absolute atomic E-state index is 5.50. The predicted molar refractivity (Wildman–Crippen MR) is 75.8 cm³/mol. The van der Waals surface area contributed by atoms with Gasteiger partial charge in [-0.1, -0.05) is 27.2 Å². The number of piperazine rings is 1. The highest BCUT2D eigenvalue weighted by molar-refractivity contribution is 4.87. The Morgan fingerprint density at radius 3 is 2.78 bits per heavy atom. The molecule has 2 aliphatic heterocycles. The molecule has 106 valence electrons. The van der Waals surface area contributed by atoms with Crippen LogP contribution in [-0.2, 0) is 4.74 Å². The summed E-state index contributed by atoms with van der Waals surface area (Å²) in [4.78, 5) is 2.68. The summed E-state index contributed by atoms with van der Waals surface area (Å²) in [5.74, 6) is 0.787. The number of hydrogen-bond acceptors (Lipinski definition) is 3. The van der Waals surface area contributed by atoms with Gasteiger partial charge in [0.1, 0.15) is 0 Å². The molecule has 1 N–H and O–H groups in total. The fourth-order valence-corrected chi connectivity index (χ4v) is 3.21. The number of hydrogen-bond donors (Lipinski definition) is 1. The molecule has 0 aliphatic carbocycles. The van der Waals surface area contributed by atoms with Gasteiger partial charge in [-0.05, 0) is 24.2 Å². The first-order chi connectivity index (χ1) is 8.63. The molecule has 2 heterocycles. The zero-order valence-corrected chi connectivity index (χ0v) is 12.4. The second-order valence-electron chi connectivity index (χ2n) is 6.60. The van der Waals surface area contributed by atoms with Crippen LogP contribution in [0.2, 0.25) is 0 Å². The molecule has 0 bridgehead atoms. The van der Waals surface area contributed by atoms with Crippen molar-refractivity contribution in [3.8, 4) is 0 Å². The Morgan fingerprint density at radius 1 is 1.39 bits per heavy atom. The Labute approximate surface area is 112 Å². The van der Waals surface area contributed by atoms with Crippen LogP contribution in [-0.4, -0.2) is 50.3 Å². The van der Waals surface area contributed by atoms with Gasteiger partial charge in [-0.3, -0.25) is 4.90 Å². The van der Waals surface area contributed by atoms with Crippen molar-refractivity contribution in [1.29, 1.82) is 0 Å². The molecular formula is C15H30N2O. The van der Waals surface area contributed by atoms with Crippen molar-refractivity contribution in [1.82, 2.24) is 10.2 Å². The maximum Gasteiger partial charge on any atom is 0.0471 e. The number of nitrogens with zero attached hydrogens (tertiary/aromatic N) is 1. The summed E-state index contributed by atoms with van der Waals surface area (Å²) in [7, 11) is 0. The lowest BCUT2D eigenvalue weighted by Crippen LogP contribution is -2.55. The first kappa shape index (κ1) is 14.3. The molecule has 0 radical (unpaired) electrons. The molecule has 2 rings (SSSR count). The lowest BCUT2D eigenvalue weighted by atomic mass is 9.81. The smallest absolute Gasteiger partial charge is 0.0471 e. The minimum Gasteiger partial charge on any atom is -0.381 e. The molecule has 2 saturated heterocycles. The van der Waals surface area contributed by atoms with Crippen LogP contribution in [0.4, 0.5) is 0 Å². The first-order valence-corrected chi connectivity index (χ1v) is 7.66. The lowest BCUT2D eigenvalue weighted by Gasteiger charge is -2.42. The quantitative estimate of drug-likeness (QED) is 0.832. The largest absolute Gasteiger partial charge is 0.381 e. The van der Waals surface area contributed by atoms with Crippen molar-refractivity contribution in [2.24, 2.45) is 11.3 Å². The Bertz CT molecular complexity index is 251. The van der Waals surface area contributed by atoms with E-state index in [1.165, 1.54) is 38.9 Å². The summed E-state index contributed by atoms with van der Waals surface area (Å²) < 4.78 is 5.50. The normalized spacial score (nSPS) is 31.2. The van der Waals surface area contributed by atoms with E-state index < -0.39 is 0 Å². The monoisotopic (exact) mass is 254 g/mol. The van der Waals surface area contributed by atoms with Gasteiger partial charge in [0.05, 0.1) is 0 Å². The average Bonchev–Trinajstić information content (AvgIpc) is 2.38. The topological polar surface area (TPSA) is 24.5 Å². The first-order valence-electron chi connectivity index (χ1n) is 7.66. The highest BCUT2D eigenvalue weighted by Crippen LogP contribution is 2.31. The zero-order valence-electron chi connectivity index (χ0n) is 12.4. The summed E-state index contributed by atoms with van der Waals surface area (Å²) in [6.07, 6.45) is 3.73. The third kappa shape index (κ3) is 3.69. The van der Waals surface area contributed by atoms with Gasteiger partial charge in [0, 0.05) is 45.4 Å². The number of ether oxygens (including phenoxy) is 1. The van der Waals surface area contributed by atoms with E-state index in [9.17, 15) is 0 Å². The van der Waals surface area contributed by atoms with Crippen LogP contribution < -0.4 is 5.32 Å². The molecule has 0 spiro atoms. The summed E-state index contributed by atoms with van der Waals surface area (Å²) in [5.41, 5.74) is 0.482. The standard InChI is InChI=1S/C15H30N2O/c1-4-13(2)14-11-17(8-7-16-14)12-15(3)5-9-18-10-6-15/h13-14,16H,4-12H2,1-3H3. The van der Waals surface area contributed by atoms with Crippen LogP contribution in [0.25, 0.3) is 0 Å². The maximum atomic E-state index is 5.50. The van der Waals surface area contributed by atoms with E-state index in [2.05, 4.69) is 31.0 Å². The van der Waals surface area contributed by atoms with Gasteiger partial charge in [0.2, 0.25) is 0 Å². The summed E-state index contributed by atoms with van der Waals surface area (Å²) in [6, 6.07) is 0.687. The van der Waals surface area contributed by atoms with Crippen LogP contribution in [0.1, 0.15) is 40.0 Å². The number of rotatable bonds is 4. The van der Waals surface area contributed by atoms with Crippen molar-refractivity contribution >= 4 is 0 Å². The van der Waals surface area contributed by atoms with E-state index in [1.807, 2.05) is 0 Å². The summed E-state index contributed by atoms with van der Waals surface area (Å²) in [6.45, 7) is 13.9. The van der Waals surface area contributed by atoms with E-state index in [0.717, 1.165) is 25.7 Å². The van der Waals surface area contributed by atoms with Gasteiger partial charge in [0.25, 0.3) is 0 Å². The summed E-state index contributed by atoms with van der Waals surface area (Å²) in [5, 5.41) is 3.68. The number of nitrogens with one attached hydrogen (secondary N) is 1. The minimum absolute atomic E-state index is 0.482. The van der Waals surface area contributed by atoms with Crippen LogP contribution in [0, 0.1) is 11.3 Å². The molecule has 2 atom stereocenters. The molecule has 2 unspecified atom stereocenters. The molecule has 2 aliphatic rings. The Hall–Kier alpha value is -0.120. The molecule has 3 heteroatoms. The molecule has 0 aromatic heterocycles. The Kier molecular flexibility index (Phi) is 5.05. The average molecular weight is 254 g/mol. The van der Waals surface area contributed by atoms with Crippen molar-refractivity contribution in [2.75, 3.05) is 39.4 Å². The Morgan fingerprint density at radius 2 is 2.11 bits per heavy atom. The molecule has 18 heavy (non-hydrogen) atoms. The van der Waals surface area contributed by atoms with Crippen molar-refractivity contribution in [3.63, 3.8) is 0 Å². The van der Waals surface area contributed by atoms with Crippen LogP contribution in [0.5, 0.6) is 0 Å². The van der Waals surface area contributed by atoms with Gasteiger partial charge >= 0.3 is 0 Å². The fraction of sp³-hybridized carbons (Fsp3) is 1.00. The van der Waals surface area contributed by atoms with Gasteiger partial charge in [-0.25, -0.2) is 0 Å². The lowest BCUT2D eigenvalue weighted by molar-refractivity contribution is -0.00101. The SMILES string of the molecule is CCC(C)C1CN(CC2(C)CCOCC2)CCN1. The molecular weight excluding hydrogens is 224 g/mol. The van der Waals surface area contributed by atoms with E-state index >= 15 is 0 Å². The van der Waals surface area contributed by atoms with Crippen molar-refractivity contribution in [3.05, 3.63) is 0 Å². The fourth-order valence-electron chi connectivity index (χ4n) is 3.21. The molecule has 3 nitrogen and oxygen atoms in total. The van der Waals surface area contributed by atoms with Crippen molar-refractivity contribution in [2.45, 2.75) is 46.1 Å². The van der Waals surface area contributed by atoms with Gasteiger partial charge in [0.15, 0.2) is 0 Å². The third-order valence-electron chi connectivity index (χ3n) is 4.93. The highest BCUT2D eigenvalue weighted by Gasteiger charge is 2.32. The van der Waals surface area contributed by atoms with E-state index in [4.69, 9.17) is 4.74 Å². The molecule has 0 saturated carbocycles. The van der Waals surface area contributed by atoms with Gasteiger partial charge in [-0.2, -0.15) is 0 Å². The molecule has 2 fully saturated rings. The second-order valence-corrected chi connectivity index (χ2v) is 6.60.